The molecule has 1 aromatic carbocycles. The summed E-state index contributed by atoms with van der Waals surface area (Å²) in [5, 5.41) is 15.8. The molecule has 0 aromatic heterocycles. The van der Waals surface area contributed by atoms with E-state index in [0.717, 1.165) is 30.8 Å². The van der Waals surface area contributed by atoms with Crippen molar-refractivity contribution in [2.24, 2.45) is 0 Å². The summed E-state index contributed by atoms with van der Waals surface area (Å²) in [6, 6.07) is 3.75. The van der Waals surface area contributed by atoms with Gasteiger partial charge in [-0.05, 0) is 45.0 Å². The van der Waals surface area contributed by atoms with E-state index in [4.69, 9.17) is 26.2 Å². The van der Waals surface area contributed by atoms with Crippen LogP contribution in [0.2, 0.25) is 5.02 Å². The first-order valence-electron chi connectivity index (χ1n) is 7.83. The van der Waals surface area contributed by atoms with Gasteiger partial charge in [0, 0.05) is 24.2 Å². The highest BCUT2D eigenvalue weighted by Gasteiger charge is 2.10. The van der Waals surface area contributed by atoms with Crippen molar-refractivity contribution in [3.8, 4) is 11.5 Å². The highest BCUT2D eigenvalue weighted by molar-refractivity contribution is 6.31. The van der Waals surface area contributed by atoms with Gasteiger partial charge in [0.15, 0.2) is 11.5 Å². The first-order chi connectivity index (χ1) is 10.7. The molecule has 0 bridgehead atoms. The first kappa shape index (κ1) is 19.0. The number of hydrogen-bond donors (Lipinski definition) is 3. The topological polar surface area (TPSA) is 62.8 Å². The Morgan fingerprint density at radius 3 is 2.27 bits per heavy atom. The first-order valence-corrected chi connectivity index (χ1v) is 8.21. The van der Waals surface area contributed by atoms with Crippen LogP contribution in [0.3, 0.4) is 0 Å². The Kier molecular flexibility index (Phi) is 9.99. The molecule has 0 saturated carbocycles. The fourth-order valence-corrected chi connectivity index (χ4v) is 2.24. The highest BCUT2D eigenvalue weighted by atomic mass is 35.5. The molecule has 0 atom stereocenters. The van der Waals surface area contributed by atoms with E-state index in [1.165, 1.54) is 0 Å². The van der Waals surface area contributed by atoms with Crippen LogP contribution in [0.5, 0.6) is 11.5 Å². The largest absolute Gasteiger partial charge is 0.490 e. The molecule has 3 N–H and O–H groups in total. The number of nitrogens with one attached hydrogen (secondary N) is 2. The second-order valence-electron chi connectivity index (χ2n) is 4.76. The Morgan fingerprint density at radius 2 is 1.64 bits per heavy atom. The van der Waals surface area contributed by atoms with Crippen LogP contribution < -0.4 is 20.1 Å². The summed E-state index contributed by atoms with van der Waals surface area (Å²) >= 11 is 6.30. The molecule has 0 fully saturated rings. The molecule has 0 saturated heterocycles. The van der Waals surface area contributed by atoms with Gasteiger partial charge >= 0.3 is 0 Å². The molecule has 22 heavy (non-hydrogen) atoms. The van der Waals surface area contributed by atoms with Crippen molar-refractivity contribution >= 4 is 11.6 Å². The van der Waals surface area contributed by atoms with Crippen molar-refractivity contribution in [1.29, 1.82) is 0 Å². The van der Waals surface area contributed by atoms with Crippen LogP contribution in [-0.2, 0) is 6.54 Å². The van der Waals surface area contributed by atoms with Gasteiger partial charge in [-0.3, -0.25) is 0 Å². The van der Waals surface area contributed by atoms with Crippen LogP contribution in [0, 0.1) is 0 Å². The summed E-state index contributed by atoms with van der Waals surface area (Å²) in [7, 11) is 0. The van der Waals surface area contributed by atoms with Gasteiger partial charge in [-0.15, -0.1) is 0 Å². The van der Waals surface area contributed by atoms with Crippen LogP contribution in [0.25, 0.3) is 0 Å². The average molecular weight is 331 g/mol. The number of hydrogen-bond acceptors (Lipinski definition) is 5. The standard InChI is InChI=1S/C16H27ClN2O3/c1-3-21-15-10-13(14(17)11-16(15)22-4-2)12-19-7-5-6-18-8-9-20/h10-11,18-20H,3-9,12H2,1-2H3. The SMILES string of the molecule is CCOc1cc(Cl)c(CNCCCNCCO)cc1OCC. The Balaban J connectivity index is 2.50. The lowest BCUT2D eigenvalue weighted by atomic mass is 10.2. The fraction of sp³-hybridized carbons (Fsp3) is 0.625. The van der Waals surface area contributed by atoms with Gasteiger partial charge in [0.1, 0.15) is 0 Å². The Bertz CT molecular complexity index is 430. The third-order valence-corrected chi connectivity index (χ3v) is 3.38. The van der Waals surface area contributed by atoms with Crippen molar-refractivity contribution in [2.75, 3.05) is 39.5 Å². The van der Waals surface area contributed by atoms with Gasteiger partial charge in [-0.1, -0.05) is 11.6 Å². The van der Waals surface area contributed by atoms with E-state index in [0.29, 0.717) is 37.1 Å². The van der Waals surface area contributed by atoms with Crippen molar-refractivity contribution in [1.82, 2.24) is 10.6 Å². The minimum absolute atomic E-state index is 0.176. The second kappa shape index (κ2) is 11.5. The molecule has 0 aliphatic heterocycles. The summed E-state index contributed by atoms with van der Waals surface area (Å²) in [5.74, 6) is 1.42. The lowest BCUT2D eigenvalue weighted by molar-refractivity contribution is 0.287. The lowest BCUT2D eigenvalue weighted by Crippen LogP contribution is -2.24. The molecule has 5 nitrogen and oxygen atoms in total. The second-order valence-corrected chi connectivity index (χ2v) is 5.17. The van der Waals surface area contributed by atoms with Crippen LogP contribution in [0.15, 0.2) is 12.1 Å². The minimum Gasteiger partial charge on any atom is -0.490 e. The molecule has 0 unspecified atom stereocenters. The van der Waals surface area contributed by atoms with Crippen molar-refractivity contribution in [3.63, 3.8) is 0 Å². The van der Waals surface area contributed by atoms with E-state index in [1.807, 2.05) is 26.0 Å². The normalized spacial score (nSPS) is 10.7. The zero-order valence-corrected chi connectivity index (χ0v) is 14.2. The van der Waals surface area contributed by atoms with Gasteiger partial charge < -0.3 is 25.2 Å². The molecule has 1 rings (SSSR count). The summed E-state index contributed by atoms with van der Waals surface area (Å²) in [6.07, 6.45) is 0.993. The number of ether oxygens (including phenoxy) is 2. The molecular weight excluding hydrogens is 304 g/mol. The zero-order chi connectivity index (χ0) is 16.2. The number of halogens is 1. The number of benzene rings is 1. The van der Waals surface area contributed by atoms with E-state index in [9.17, 15) is 0 Å². The van der Waals surface area contributed by atoms with E-state index in [1.54, 1.807) is 0 Å². The van der Waals surface area contributed by atoms with Gasteiger partial charge in [-0.2, -0.15) is 0 Å². The fourth-order valence-electron chi connectivity index (χ4n) is 2.01. The highest BCUT2D eigenvalue weighted by Crippen LogP contribution is 2.33. The summed E-state index contributed by atoms with van der Waals surface area (Å²) < 4.78 is 11.2. The summed E-state index contributed by atoms with van der Waals surface area (Å²) in [4.78, 5) is 0. The third kappa shape index (κ3) is 6.83. The summed E-state index contributed by atoms with van der Waals surface area (Å²) in [5.41, 5.74) is 0.997. The number of aliphatic hydroxyl groups excluding tert-OH is 1. The molecule has 0 spiro atoms. The van der Waals surface area contributed by atoms with Crippen molar-refractivity contribution in [3.05, 3.63) is 22.7 Å². The van der Waals surface area contributed by atoms with Gasteiger partial charge in [0.25, 0.3) is 0 Å². The van der Waals surface area contributed by atoms with E-state index in [-0.39, 0.29) is 6.61 Å². The van der Waals surface area contributed by atoms with Gasteiger partial charge in [0.2, 0.25) is 0 Å². The predicted molar refractivity (Wildman–Crippen MR) is 90.1 cm³/mol. The maximum atomic E-state index is 8.66. The van der Waals surface area contributed by atoms with Crippen LogP contribution in [0.1, 0.15) is 25.8 Å². The third-order valence-electron chi connectivity index (χ3n) is 3.02. The van der Waals surface area contributed by atoms with Crippen LogP contribution >= 0.6 is 11.6 Å². The summed E-state index contributed by atoms with van der Waals surface area (Å²) in [6.45, 7) is 8.31. The van der Waals surface area contributed by atoms with E-state index < -0.39 is 0 Å². The average Bonchev–Trinajstić information content (AvgIpc) is 2.50. The molecule has 0 amide bonds. The molecule has 0 aliphatic rings. The molecule has 126 valence electrons. The van der Waals surface area contributed by atoms with Crippen molar-refractivity contribution < 1.29 is 14.6 Å². The monoisotopic (exact) mass is 330 g/mol. The Hall–Kier alpha value is -1.01. The number of rotatable bonds is 12. The maximum Gasteiger partial charge on any atom is 0.162 e. The van der Waals surface area contributed by atoms with Gasteiger partial charge in [-0.25, -0.2) is 0 Å². The molecular formula is C16H27ClN2O3. The van der Waals surface area contributed by atoms with E-state index >= 15 is 0 Å². The van der Waals surface area contributed by atoms with Crippen LogP contribution in [0.4, 0.5) is 0 Å². The smallest absolute Gasteiger partial charge is 0.162 e. The Morgan fingerprint density at radius 1 is 1.00 bits per heavy atom. The lowest BCUT2D eigenvalue weighted by Gasteiger charge is -2.14. The minimum atomic E-state index is 0.176. The molecule has 0 heterocycles. The maximum absolute atomic E-state index is 8.66. The van der Waals surface area contributed by atoms with Crippen LogP contribution in [-0.4, -0.2) is 44.6 Å². The quantitative estimate of drug-likeness (QED) is 0.513. The molecule has 1 aromatic rings. The van der Waals surface area contributed by atoms with E-state index in [2.05, 4.69) is 10.6 Å². The molecule has 0 aliphatic carbocycles. The molecule has 6 heteroatoms. The zero-order valence-electron chi connectivity index (χ0n) is 13.5. The van der Waals surface area contributed by atoms with Crippen molar-refractivity contribution in [2.45, 2.75) is 26.8 Å². The van der Waals surface area contributed by atoms with Gasteiger partial charge in [0.05, 0.1) is 19.8 Å². The Labute approximate surface area is 138 Å². The number of aliphatic hydroxyl groups is 1. The molecule has 0 radical (unpaired) electrons. The predicted octanol–water partition coefficient (Wildman–Crippen LogP) is 2.20.